The molecule has 2 heterocycles. The molecule has 2 aromatic carbocycles. The number of rotatable bonds is 11. The Bertz CT molecular complexity index is 1280. The van der Waals surface area contributed by atoms with Crippen LogP contribution in [0.1, 0.15) is 24.2 Å². The number of aromatic nitrogens is 2. The number of anilines is 1. The van der Waals surface area contributed by atoms with Crippen LogP contribution in [0.2, 0.25) is 5.02 Å². The van der Waals surface area contributed by atoms with Crippen LogP contribution in [0.4, 0.5) is 5.82 Å². The molecule has 0 aliphatic carbocycles. The molecule has 0 spiro atoms. The molecule has 0 N–H and O–H groups in total. The Morgan fingerprint density at radius 3 is 2.33 bits per heavy atom. The van der Waals surface area contributed by atoms with E-state index in [4.69, 9.17) is 16.3 Å². The summed E-state index contributed by atoms with van der Waals surface area (Å²) < 4.78 is 5.31. The van der Waals surface area contributed by atoms with Crippen molar-refractivity contribution in [2.75, 3.05) is 70.9 Å². The molecule has 4 rings (SSSR count). The van der Waals surface area contributed by atoms with Gasteiger partial charge >= 0.3 is 0 Å². The van der Waals surface area contributed by atoms with Crippen LogP contribution in [0.15, 0.2) is 60.7 Å². The van der Waals surface area contributed by atoms with E-state index in [1.54, 1.807) is 36.3 Å². The van der Waals surface area contributed by atoms with Crippen LogP contribution in [-0.4, -0.2) is 103 Å². The van der Waals surface area contributed by atoms with Crippen molar-refractivity contribution >= 4 is 29.2 Å². The first kappa shape index (κ1) is 29.3. The van der Waals surface area contributed by atoms with E-state index < -0.39 is 0 Å². The topological polar surface area (TPSA) is 82.1 Å². The minimum Gasteiger partial charge on any atom is -0.497 e. The summed E-state index contributed by atoms with van der Waals surface area (Å²) in [5.74, 6) is 1.24. The molecule has 0 saturated carbocycles. The Labute approximate surface area is 241 Å². The zero-order valence-electron chi connectivity index (χ0n) is 23.4. The largest absolute Gasteiger partial charge is 0.497 e. The highest BCUT2D eigenvalue weighted by Gasteiger charge is 2.27. The number of amides is 2. The van der Waals surface area contributed by atoms with E-state index >= 15 is 0 Å². The minimum atomic E-state index is -0.226. The lowest BCUT2D eigenvalue weighted by atomic mass is 10.1. The number of ether oxygens (including phenoxy) is 1. The summed E-state index contributed by atoms with van der Waals surface area (Å²) in [5, 5.41) is 9.24. The highest BCUT2D eigenvalue weighted by Crippen LogP contribution is 2.23. The summed E-state index contributed by atoms with van der Waals surface area (Å²) in [7, 11) is 1.64. The van der Waals surface area contributed by atoms with Crippen molar-refractivity contribution < 1.29 is 14.3 Å². The van der Waals surface area contributed by atoms with Gasteiger partial charge in [-0.15, -0.1) is 10.2 Å². The second kappa shape index (κ2) is 14.1. The molecule has 1 aromatic heterocycles. The van der Waals surface area contributed by atoms with E-state index in [1.807, 2.05) is 41.3 Å². The van der Waals surface area contributed by atoms with E-state index in [1.165, 1.54) is 0 Å². The quantitative estimate of drug-likeness (QED) is 0.349. The number of hydrogen-bond acceptors (Lipinski definition) is 7. The summed E-state index contributed by atoms with van der Waals surface area (Å²) in [6, 6.07) is 18.6. The molecule has 212 valence electrons. The average Bonchev–Trinajstić information content (AvgIpc) is 3.01. The SMILES string of the molecule is CCN(CC)CCN(CC(=O)N1CCN(c2ccc(-c3cccc(OC)c3)nn2)CC1)C(=O)c1ccccc1Cl. The van der Waals surface area contributed by atoms with Crippen molar-refractivity contribution in [2.24, 2.45) is 0 Å². The molecule has 2 amide bonds. The van der Waals surface area contributed by atoms with Crippen LogP contribution >= 0.6 is 11.6 Å². The normalized spacial score (nSPS) is 13.4. The summed E-state index contributed by atoms with van der Waals surface area (Å²) in [4.78, 5) is 34.5. The predicted molar refractivity (Wildman–Crippen MR) is 158 cm³/mol. The smallest absolute Gasteiger partial charge is 0.255 e. The molecule has 1 aliphatic rings. The van der Waals surface area contributed by atoms with Crippen LogP contribution in [0.5, 0.6) is 5.75 Å². The van der Waals surface area contributed by atoms with E-state index in [0.717, 1.165) is 35.9 Å². The molecule has 0 atom stereocenters. The summed E-state index contributed by atoms with van der Waals surface area (Å²) >= 11 is 6.32. The van der Waals surface area contributed by atoms with Crippen LogP contribution in [0.3, 0.4) is 0 Å². The summed E-state index contributed by atoms with van der Waals surface area (Å²) in [6.45, 7) is 9.45. The number of nitrogens with zero attached hydrogens (tertiary/aromatic N) is 6. The minimum absolute atomic E-state index is 0.0143. The molecular formula is C30H37ClN6O3. The number of methoxy groups -OCH3 is 1. The van der Waals surface area contributed by atoms with Crippen molar-refractivity contribution in [1.82, 2.24) is 24.9 Å². The third-order valence-corrected chi connectivity index (χ3v) is 7.60. The highest BCUT2D eigenvalue weighted by atomic mass is 35.5. The molecular weight excluding hydrogens is 528 g/mol. The lowest BCUT2D eigenvalue weighted by molar-refractivity contribution is -0.132. The van der Waals surface area contributed by atoms with Crippen molar-refractivity contribution in [3.8, 4) is 17.0 Å². The monoisotopic (exact) mass is 564 g/mol. The first-order valence-corrected chi connectivity index (χ1v) is 14.1. The second-order valence-corrected chi connectivity index (χ2v) is 10.0. The van der Waals surface area contributed by atoms with Crippen LogP contribution < -0.4 is 9.64 Å². The number of carbonyl (C=O) groups is 2. The van der Waals surface area contributed by atoms with Gasteiger partial charge in [0.2, 0.25) is 5.91 Å². The fraction of sp³-hybridized carbons (Fsp3) is 0.400. The number of benzene rings is 2. The van der Waals surface area contributed by atoms with Gasteiger partial charge < -0.3 is 24.3 Å². The molecule has 1 fully saturated rings. The maximum absolute atomic E-state index is 13.4. The molecule has 9 nitrogen and oxygen atoms in total. The molecule has 10 heteroatoms. The fourth-order valence-electron chi connectivity index (χ4n) is 4.74. The molecule has 0 bridgehead atoms. The number of likely N-dealkylation sites (N-methyl/N-ethyl adjacent to an activating group) is 1. The van der Waals surface area contributed by atoms with Crippen LogP contribution in [0, 0.1) is 0 Å². The zero-order chi connectivity index (χ0) is 28.5. The van der Waals surface area contributed by atoms with Gasteiger partial charge in [0.15, 0.2) is 5.82 Å². The van der Waals surface area contributed by atoms with Gasteiger partial charge in [-0.05, 0) is 49.5 Å². The van der Waals surface area contributed by atoms with Crippen molar-refractivity contribution in [2.45, 2.75) is 13.8 Å². The second-order valence-electron chi connectivity index (χ2n) is 9.61. The number of halogens is 1. The number of carbonyl (C=O) groups excluding carboxylic acids is 2. The maximum Gasteiger partial charge on any atom is 0.255 e. The van der Waals surface area contributed by atoms with E-state index in [-0.39, 0.29) is 18.4 Å². The molecule has 1 saturated heterocycles. The van der Waals surface area contributed by atoms with Gasteiger partial charge in [-0.2, -0.15) is 0 Å². The van der Waals surface area contributed by atoms with Crippen molar-refractivity contribution in [3.05, 3.63) is 71.2 Å². The highest BCUT2D eigenvalue weighted by molar-refractivity contribution is 6.33. The summed E-state index contributed by atoms with van der Waals surface area (Å²) in [6.07, 6.45) is 0. The van der Waals surface area contributed by atoms with Crippen LogP contribution in [0.25, 0.3) is 11.3 Å². The fourth-order valence-corrected chi connectivity index (χ4v) is 4.95. The standard InChI is InChI=1S/C30H37ClN6O3/c1-4-34(5-2)15-16-37(30(39)25-11-6-7-12-26(25)31)22-29(38)36-19-17-35(18-20-36)28-14-13-27(32-33-28)23-9-8-10-24(21-23)40-3/h6-14,21H,4-5,15-20,22H2,1-3H3. The van der Waals surface area contributed by atoms with Gasteiger partial charge in [-0.3, -0.25) is 9.59 Å². The lowest BCUT2D eigenvalue weighted by Gasteiger charge is -2.36. The van der Waals surface area contributed by atoms with Crippen molar-refractivity contribution in [3.63, 3.8) is 0 Å². The van der Waals surface area contributed by atoms with Gasteiger partial charge in [0.1, 0.15) is 12.3 Å². The van der Waals surface area contributed by atoms with E-state index in [0.29, 0.717) is 49.9 Å². The third kappa shape index (κ3) is 7.28. The molecule has 3 aromatic rings. The Kier molecular flexibility index (Phi) is 10.3. The third-order valence-electron chi connectivity index (χ3n) is 7.27. The first-order chi connectivity index (χ1) is 19.4. The summed E-state index contributed by atoms with van der Waals surface area (Å²) in [5.41, 5.74) is 2.12. The molecule has 0 radical (unpaired) electrons. The molecule has 40 heavy (non-hydrogen) atoms. The Hall–Kier alpha value is -3.69. The Balaban J connectivity index is 1.37. The zero-order valence-corrected chi connectivity index (χ0v) is 24.2. The Morgan fingerprint density at radius 1 is 0.925 bits per heavy atom. The average molecular weight is 565 g/mol. The first-order valence-electron chi connectivity index (χ1n) is 13.7. The van der Waals surface area contributed by atoms with E-state index in [2.05, 4.69) is 33.8 Å². The van der Waals surface area contributed by atoms with Gasteiger partial charge in [0.25, 0.3) is 5.91 Å². The maximum atomic E-state index is 13.4. The van der Waals surface area contributed by atoms with Gasteiger partial charge in [-0.25, -0.2) is 0 Å². The molecule has 0 unspecified atom stereocenters. The molecule has 1 aliphatic heterocycles. The van der Waals surface area contributed by atoms with Crippen molar-refractivity contribution in [1.29, 1.82) is 0 Å². The Morgan fingerprint density at radius 2 is 1.68 bits per heavy atom. The van der Waals surface area contributed by atoms with Gasteiger partial charge in [0, 0.05) is 44.8 Å². The number of piperazine rings is 1. The van der Waals surface area contributed by atoms with E-state index in [9.17, 15) is 9.59 Å². The lowest BCUT2D eigenvalue weighted by Crippen LogP contribution is -2.52. The predicted octanol–water partition coefficient (Wildman–Crippen LogP) is 3.94. The van der Waals surface area contributed by atoms with Gasteiger partial charge in [0.05, 0.1) is 23.4 Å². The van der Waals surface area contributed by atoms with Gasteiger partial charge in [-0.1, -0.05) is 49.7 Å². The number of hydrogen-bond donors (Lipinski definition) is 0. The van der Waals surface area contributed by atoms with Crippen LogP contribution in [-0.2, 0) is 4.79 Å².